The van der Waals surface area contributed by atoms with Crippen molar-refractivity contribution < 1.29 is 31.4 Å². The molecule has 136 valence electrons. The van der Waals surface area contributed by atoms with Crippen molar-refractivity contribution in [2.45, 2.75) is 18.0 Å². The summed E-state index contributed by atoms with van der Waals surface area (Å²) in [5.41, 5.74) is -6.26. The molecule has 1 N–H and O–H groups in total. The largest absolute Gasteiger partial charge is 0.425 e. The average molecular weight is 363 g/mol. The van der Waals surface area contributed by atoms with E-state index in [2.05, 4.69) is 0 Å². The highest BCUT2D eigenvalue weighted by atomic mass is 19.4. The molecule has 0 spiro atoms. The topological polar surface area (TPSA) is 23.5 Å². The van der Waals surface area contributed by atoms with Crippen molar-refractivity contribution in [3.63, 3.8) is 0 Å². The van der Waals surface area contributed by atoms with Crippen LogP contribution in [0.15, 0.2) is 48.5 Å². The van der Waals surface area contributed by atoms with E-state index in [1.54, 1.807) is 0 Å². The summed E-state index contributed by atoms with van der Waals surface area (Å²) in [5, 5.41) is 10.6. The molecule has 0 amide bonds. The molecule has 0 aliphatic carbocycles. The first-order chi connectivity index (χ1) is 11.4. The molecule has 2 aromatic rings. The van der Waals surface area contributed by atoms with Crippen LogP contribution in [0, 0.1) is 0 Å². The molecule has 0 saturated heterocycles. The lowest BCUT2D eigenvalue weighted by Gasteiger charge is -2.34. The zero-order chi connectivity index (χ0) is 19.0. The number of hydrogen-bond acceptors (Lipinski definition) is 2. The van der Waals surface area contributed by atoms with Gasteiger partial charge < -0.3 is 10.0 Å². The summed E-state index contributed by atoms with van der Waals surface area (Å²) in [7, 11) is 2.95. The van der Waals surface area contributed by atoms with Crippen LogP contribution in [0.2, 0.25) is 0 Å². The van der Waals surface area contributed by atoms with Crippen molar-refractivity contribution in [1.82, 2.24) is 0 Å². The van der Waals surface area contributed by atoms with Crippen LogP contribution >= 0.6 is 0 Å². The Morgan fingerprint density at radius 3 is 1.88 bits per heavy atom. The summed E-state index contributed by atoms with van der Waals surface area (Å²) >= 11 is 0. The van der Waals surface area contributed by atoms with Crippen molar-refractivity contribution in [1.29, 1.82) is 0 Å². The van der Waals surface area contributed by atoms with Crippen molar-refractivity contribution in [3.05, 3.63) is 65.2 Å². The van der Waals surface area contributed by atoms with E-state index in [0.717, 1.165) is 18.2 Å². The molecule has 0 heterocycles. The maximum Gasteiger partial charge on any atom is 0.425 e. The second kappa shape index (κ2) is 6.25. The molecule has 2 aromatic carbocycles. The van der Waals surface area contributed by atoms with Crippen LogP contribution < -0.4 is 4.90 Å². The number of para-hydroxylation sites is 1. The van der Waals surface area contributed by atoms with Crippen molar-refractivity contribution >= 4 is 5.69 Å². The van der Waals surface area contributed by atoms with Gasteiger partial charge in [0.1, 0.15) is 0 Å². The predicted octanol–water partition coefficient (Wildman–Crippen LogP) is 4.57. The number of anilines is 1. The van der Waals surface area contributed by atoms with Crippen LogP contribution in [0.1, 0.15) is 16.7 Å². The Hall–Kier alpha value is -2.22. The van der Waals surface area contributed by atoms with Gasteiger partial charge in [0.05, 0.1) is 5.56 Å². The van der Waals surface area contributed by atoms with Gasteiger partial charge in [-0.05, 0) is 23.8 Å². The Morgan fingerprint density at radius 2 is 1.36 bits per heavy atom. The molecule has 1 atom stereocenters. The van der Waals surface area contributed by atoms with E-state index in [4.69, 9.17) is 0 Å². The lowest BCUT2D eigenvalue weighted by atomic mass is 9.83. The van der Waals surface area contributed by atoms with E-state index < -0.39 is 34.6 Å². The minimum Gasteiger partial charge on any atom is -0.377 e. The SMILES string of the molecule is CN(C)c1ccccc1C(O)(c1cccc(C(F)(F)F)c1)C(F)(F)F. The van der Waals surface area contributed by atoms with Crippen LogP contribution in [0.4, 0.5) is 32.0 Å². The van der Waals surface area contributed by atoms with Crippen LogP contribution in [-0.2, 0) is 11.8 Å². The van der Waals surface area contributed by atoms with Gasteiger partial charge in [-0.25, -0.2) is 0 Å². The number of hydrogen-bond donors (Lipinski definition) is 1. The van der Waals surface area contributed by atoms with Gasteiger partial charge in [0, 0.05) is 25.3 Å². The van der Waals surface area contributed by atoms with Crippen LogP contribution in [0.5, 0.6) is 0 Å². The Morgan fingerprint density at radius 1 is 0.800 bits per heavy atom. The van der Waals surface area contributed by atoms with E-state index in [-0.39, 0.29) is 5.69 Å². The molecule has 2 nitrogen and oxygen atoms in total. The highest BCUT2D eigenvalue weighted by molar-refractivity contribution is 5.58. The molecule has 2 rings (SSSR count). The van der Waals surface area contributed by atoms with Gasteiger partial charge in [0.2, 0.25) is 5.60 Å². The average Bonchev–Trinajstić information content (AvgIpc) is 2.52. The molecule has 8 heteroatoms. The van der Waals surface area contributed by atoms with E-state index in [0.29, 0.717) is 12.1 Å². The van der Waals surface area contributed by atoms with Gasteiger partial charge in [0.15, 0.2) is 0 Å². The zero-order valence-corrected chi connectivity index (χ0v) is 13.3. The highest BCUT2D eigenvalue weighted by Crippen LogP contribution is 2.47. The summed E-state index contributed by atoms with van der Waals surface area (Å²) in [5.74, 6) is 0. The van der Waals surface area contributed by atoms with Gasteiger partial charge in [-0.15, -0.1) is 0 Å². The van der Waals surface area contributed by atoms with Gasteiger partial charge >= 0.3 is 12.4 Å². The highest BCUT2D eigenvalue weighted by Gasteiger charge is 2.57. The lowest BCUT2D eigenvalue weighted by Crippen LogP contribution is -2.44. The fourth-order valence-corrected chi connectivity index (χ4v) is 2.56. The lowest BCUT2D eigenvalue weighted by molar-refractivity contribution is -0.248. The standard InChI is InChI=1S/C17H15F6NO/c1-24(2)14-9-4-3-8-13(14)15(25,17(21,22)23)11-6-5-7-12(10-11)16(18,19)20/h3-10,25H,1-2H3. The van der Waals surface area contributed by atoms with Crippen LogP contribution in [-0.4, -0.2) is 25.4 Å². The third kappa shape index (κ3) is 3.44. The monoisotopic (exact) mass is 363 g/mol. The summed E-state index contributed by atoms with van der Waals surface area (Å²) in [6.07, 6.45) is -10.1. The molecule has 0 fully saturated rings. The smallest absolute Gasteiger partial charge is 0.377 e. The summed E-state index contributed by atoms with van der Waals surface area (Å²) in [6, 6.07) is 7.79. The minimum absolute atomic E-state index is 0.0414. The number of benzene rings is 2. The van der Waals surface area contributed by atoms with Crippen molar-refractivity contribution in [2.24, 2.45) is 0 Å². The summed E-state index contributed by atoms with van der Waals surface area (Å²) < 4.78 is 80.1. The molecule has 0 aliphatic heterocycles. The van der Waals surface area contributed by atoms with Gasteiger partial charge in [-0.2, -0.15) is 26.3 Å². The first kappa shape index (κ1) is 19.1. The maximum absolute atomic E-state index is 13.8. The Labute approximate surface area is 140 Å². The predicted molar refractivity (Wildman–Crippen MR) is 81.3 cm³/mol. The van der Waals surface area contributed by atoms with Crippen molar-refractivity contribution in [3.8, 4) is 0 Å². The molecule has 1 unspecified atom stereocenters. The van der Waals surface area contributed by atoms with Gasteiger partial charge in [0.25, 0.3) is 0 Å². The van der Waals surface area contributed by atoms with Crippen LogP contribution in [0.3, 0.4) is 0 Å². The number of aliphatic hydroxyl groups is 1. The first-order valence-electron chi connectivity index (χ1n) is 7.12. The van der Waals surface area contributed by atoms with E-state index in [1.807, 2.05) is 0 Å². The summed E-state index contributed by atoms with van der Waals surface area (Å²) in [4.78, 5) is 1.35. The molecule has 25 heavy (non-hydrogen) atoms. The van der Waals surface area contributed by atoms with Gasteiger partial charge in [-0.1, -0.05) is 30.3 Å². The van der Waals surface area contributed by atoms with E-state index in [1.165, 1.54) is 37.2 Å². The molecular weight excluding hydrogens is 348 g/mol. The second-order valence-electron chi connectivity index (χ2n) is 5.70. The number of nitrogens with zero attached hydrogens (tertiary/aromatic N) is 1. The van der Waals surface area contributed by atoms with Crippen LogP contribution in [0.25, 0.3) is 0 Å². The molecular formula is C17H15F6NO. The normalized spacial score (nSPS) is 14.9. The molecule has 0 bridgehead atoms. The van der Waals surface area contributed by atoms with Gasteiger partial charge in [-0.3, -0.25) is 0 Å². The maximum atomic E-state index is 13.8. The van der Waals surface area contributed by atoms with Crippen molar-refractivity contribution in [2.75, 3.05) is 19.0 Å². The number of halogens is 6. The fourth-order valence-electron chi connectivity index (χ4n) is 2.56. The third-order valence-corrected chi connectivity index (χ3v) is 3.79. The second-order valence-corrected chi connectivity index (χ2v) is 5.70. The number of alkyl halides is 6. The minimum atomic E-state index is -5.23. The number of rotatable bonds is 3. The third-order valence-electron chi connectivity index (χ3n) is 3.79. The molecule has 0 aliphatic rings. The molecule has 0 saturated carbocycles. The summed E-state index contributed by atoms with van der Waals surface area (Å²) in [6.45, 7) is 0. The zero-order valence-electron chi connectivity index (χ0n) is 13.3. The van der Waals surface area contributed by atoms with E-state index in [9.17, 15) is 31.4 Å². The Bertz CT molecular complexity index is 753. The fraction of sp³-hybridized carbons (Fsp3) is 0.294. The quantitative estimate of drug-likeness (QED) is 0.808. The van der Waals surface area contributed by atoms with E-state index >= 15 is 0 Å². The Kier molecular flexibility index (Phi) is 4.78. The Balaban J connectivity index is 2.78. The molecule has 0 aromatic heterocycles. The first-order valence-corrected chi connectivity index (χ1v) is 7.12. The molecule has 0 radical (unpaired) electrons.